The van der Waals surface area contributed by atoms with Crippen molar-refractivity contribution in [2.24, 2.45) is 0 Å². The molecule has 0 aromatic heterocycles. The van der Waals surface area contributed by atoms with Crippen molar-refractivity contribution in [2.45, 2.75) is 54.6 Å². The summed E-state index contributed by atoms with van der Waals surface area (Å²) in [6.45, 7) is 4.21. The zero-order chi connectivity index (χ0) is 31.0. The quantitative estimate of drug-likeness (QED) is 0.168. The summed E-state index contributed by atoms with van der Waals surface area (Å²) in [5.41, 5.74) is 0.448. The molecule has 0 radical (unpaired) electrons. The lowest BCUT2D eigenvalue weighted by molar-refractivity contribution is -0.873. The minimum absolute atomic E-state index is 0.147. The summed E-state index contributed by atoms with van der Waals surface area (Å²) in [5, 5.41) is 18.5. The zero-order valence-corrected chi connectivity index (χ0v) is 24.9. The van der Waals surface area contributed by atoms with Crippen LogP contribution in [0.1, 0.15) is 31.9 Å². The molecule has 1 aromatic rings. The van der Waals surface area contributed by atoms with Crippen LogP contribution >= 0.6 is 11.8 Å². The number of quaternary nitrogens is 1. The molecule has 0 aliphatic carbocycles. The van der Waals surface area contributed by atoms with Crippen LogP contribution in [0.2, 0.25) is 0 Å². The SMILES string of the molecule is CC1(C)S[C@@H]2[C@H](NC(=O)[C@H](NC(=O)N3CCNC3=O)c3ccccc3)C(=O)N2[C@H]1C(=O)OC(CC(=O)[O-])C[N+](C)(C)C. The number of benzene rings is 1. The lowest BCUT2D eigenvalue weighted by Gasteiger charge is -2.44. The summed E-state index contributed by atoms with van der Waals surface area (Å²) in [4.78, 5) is 78.6. The van der Waals surface area contributed by atoms with Crippen LogP contribution in [0.4, 0.5) is 9.59 Å². The van der Waals surface area contributed by atoms with E-state index in [1.807, 2.05) is 21.1 Å². The lowest BCUT2D eigenvalue weighted by atomic mass is 9.95. The first kappa shape index (κ1) is 31.1. The number of esters is 1. The largest absolute Gasteiger partial charge is 0.550 e. The highest BCUT2D eigenvalue weighted by Crippen LogP contribution is 2.51. The number of urea groups is 2. The molecule has 0 saturated carbocycles. The van der Waals surface area contributed by atoms with Crippen molar-refractivity contribution in [3.05, 3.63) is 35.9 Å². The number of carbonyl (C=O) groups excluding carboxylic acids is 6. The van der Waals surface area contributed by atoms with Gasteiger partial charge in [-0.05, 0) is 19.4 Å². The lowest BCUT2D eigenvalue weighted by Crippen LogP contribution is -2.71. The Hall–Kier alpha value is -3.85. The van der Waals surface area contributed by atoms with E-state index in [1.54, 1.807) is 44.2 Å². The number of rotatable bonds is 10. The maximum absolute atomic E-state index is 13.5. The van der Waals surface area contributed by atoms with Gasteiger partial charge in [0.15, 0.2) is 6.10 Å². The number of amides is 6. The van der Waals surface area contributed by atoms with Gasteiger partial charge in [0.25, 0.3) is 0 Å². The number of carboxylic acid groups (broad SMARTS) is 1. The number of carbonyl (C=O) groups is 6. The van der Waals surface area contributed by atoms with E-state index in [0.717, 1.165) is 4.90 Å². The molecular formula is C27H36N6O8S. The number of nitrogens with one attached hydrogen (secondary N) is 3. The van der Waals surface area contributed by atoms with Crippen molar-refractivity contribution in [3.63, 3.8) is 0 Å². The van der Waals surface area contributed by atoms with Gasteiger partial charge in [-0.2, -0.15) is 0 Å². The molecule has 42 heavy (non-hydrogen) atoms. The van der Waals surface area contributed by atoms with Crippen LogP contribution in [0.5, 0.6) is 0 Å². The maximum Gasteiger partial charge on any atom is 0.330 e. The van der Waals surface area contributed by atoms with Gasteiger partial charge < -0.3 is 40.0 Å². The van der Waals surface area contributed by atoms with Crippen LogP contribution in [0.15, 0.2) is 30.3 Å². The number of aliphatic carboxylic acids is 1. The number of β-lactam (4-membered cyclic amide) rings is 1. The van der Waals surface area contributed by atoms with Crippen molar-refractivity contribution in [2.75, 3.05) is 40.8 Å². The Balaban J connectivity index is 1.48. The zero-order valence-electron chi connectivity index (χ0n) is 24.1. The normalized spacial score (nSPS) is 24.2. The summed E-state index contributed by atoms with van der Waals surface area (Å²) in [7, 11) is 5.50. The Kier molecular flexibility index (Phi) is 8.73. The van der Waals surface area contributed by atoms with Crippen LogP contribution in [0.3, 0.4) is 0 Å². The molecule has 3 heterocycles. The maximum atomic E-state index is 13.5. The van der Waals surface area contributed by atoms with Crippen LogP contribution in [0, 0.1) is 0 Å². The van der Waals surface area contributed by atoms with Crippen molar-refractivity contribution >= 4 is 47.6 Å². The molecule has 0 bridgehead atoms. The summed E-state index contributed by atoms with van der Waals surface area (Å²) >= 11 is 1.31. The molecule has 5 atom stereocenters. The average molecular weight is 605 g/mol. The highest BCUT2D eigenvalue weighted by Gasteiger charge is 2.64. The van der Waals surface area contributed by atoms with E-state index in [0.29, 0.717) is 16.6 Å². The third-order valence-electron chi connectivity index (χ3n) is 7.16. The number of fused-ring (bicyclic) bond motifs is 1. The van der Waals surface area contributed by atoms with Gasteiger partial charge in [0, 0.05) is 30.2 Å². The monoisotopic (exact) mass is 604 g/mol. The molecule has 3 aliphatic rings. The number of ether oxygens (including phenoxy) is 1. The predicted molar refractivity (Wildman–Crippen MR) is 148 cm³/mol. The summed E-state index contributed by atoms with van der Waals surface area (Å²) in [5.74, 6) is -3.25. The van der Waals surface area contributed by atoms with Gasteiger partial charge in [-0.15, -0.1) is 11.8 Å². The number of hydrogen-bond donors (Lipinski definition) is 3. The van der Waals surface area contributed by atoms with Crippen LogP contribution < -0.4 is 21.1 Å². The first-order chi connectivity index (χ1) is 19.6. The Bertz CT molecular complexity index is 1270. The van der Waals surface area contributed by atoms with E-state index in [4.69, 9.17) is 4.74 Å². The van der Waals surface area contributed by atoms with Gasteiger partial charge in [0.2, 0.25) is 11.8 Å². The fourth-order valence-corrected chi connectivity index (χ4v) is 6.97. The van der Waals surface area contributed by atoms with Gasteiger partial charge in [0.05, 0.1) is 21.1 Å². The van der Waals surface area contributed by atoms with Gasteiger partial charge in [-0.25, -0.2) is 19.3 Å². The highest BCUT2D eigenvalue weighted by atomic mass is 32.2. The van der Waals surface area contributed by atoms with Crippen molar-refractivity contribution < 1.29 is 43.1 Å². The Labute approximate surface area is 247 Å². The van der Waals surface area contributed by atoms with Crippen molar-refractivity contribution in [3.8, 4) is 0 Å². The van der Waals surface area contributed by atoms with E-state index in [1.165, 1.54) is 16.7 Å². The molecule has 14 nitrogen and oxygen atoms in total. The second kappa shape index (κ2) is 11.8. The number of hydrogen-bond acceptors (Lipinski definition) is 9. The molecule has 0 spiro atoms. The molecule has 6 amide bonds. The molecule has 3 aliphatic heterocycles. The third-order valence-corrected chi connectivity index (χ3v) is 8.73. The topological polar surface area (TPSA) is 177 Å². The van der Waals surface area contributed by atoms with Gasteiger partial charge >= 0.3 is 18.0 Å². The molecule has 1 unspecified atom stereocenters. The molecule has 15 heteroatoms. The van der Waals surface area contributed by atoms with Gasteiger partial charge in [-0.3, -0.25) is 9.59 Å². The molecule has 4 rings (SSSR count). The smallest absolute Gasteiger partial charge is 0.330 e. The average Bonchev–Trinajstić information content (AvgIpc) is 3.42. The van der Waals surface area contributed by atoms with Gasteiger partial charge in [0.1, 0.15) is 30.0 Å². The number of likely N-dealkylation sites (N-methyl/N-ethyl adjacent to an activating group) is 1. The van der Waals surface area contributed by atoms with Crippen LogP contribution in [0.25, 0.3) is 0 Å². The van der Waals surface area contributed by atoms with Crippen LogP contribution in [-0.2, 0) is 23.9 Å². The summed E-state index contributed by atoms with van der Waals surface area (Å²) in [6, 6.07) is 3.89. The molecule has 228 valence electrons. The minimum atomic E-state index is -1.35. The third kappa shape index (κ3) is 6.62. The van der Waals surface area contributed by atoms with Crippen molar-refractivity contribution in [1.82, 2.24) is 25.8 Å². The second-order valence-corrected chi connectivity index (χ2v) is 13.8. The van der Waals surface area contributed by atoms with Crippen LogP contribution in [-0.4, -0.2) is 119 Å². The number of carboxylic acids is 1. The fourth-order valence-electron chi connectivity index (χ4n) is 5.34. The Morgan fingerprint density at radius 2 is 1.83 bits per heavy atom. The molecule has 3 N–H and O–H groups in total. The Morgan fingerprint density at radius 3 is 2.40 bits per heavy atom. The van der Waals surface area contributed by atoms with Gasteiger partial charge in [-0.1, -0.05) is 30.3 Å². The summed E-state index contributed by atoms with van der Waals surface area (Å²) in [6.07, 6.45) is -1.44. The fraction of sp³-hybridized carbons (Fsp3) is 0.556. The molecule has 3 saturated heterocycles. The van der Waals surface area contributed by atoms with E-state index in [2.05, 4.69) is 16.0 Å². The summed E-state index contributed by atoms with van der Waals surface area (Å²) < 4.78 is 5.15. The van der Waals surface area contributed by atoms with E-state index in [-0.39, 0.29) is 13.1 Å². The molecule has 1 aromatic carbocycles. The first-order valence-electron chi connectivity index (χ1n) is 13.5. The standard InChI is InChI=1S/C27H36N6O8S/c1-27(2)20(24(38)41-16(13-17(34)35)14-33(3,4)5)32-22(37)19(23(32)42-27)29-21(36)18(15-9-7-6-8-10-15)30-26(40)31-12-11-28-25(31)39/h6-10,16,18-20,23H,11-14H2,1-5H3,(H3-,28,29,30,34,35,36,39,40)/t16?,18-,19-,20+,23-/m1/s1. The predicted octanol–water partition coefficient (Wildman–Crippen LogP) is -1.23. The first-order valence-corrected chi connectivity index (χ1v) is 14.4. The number of thioether (sulfide) groups is 1. The Morgan fingerprint density at radius 1 is 1.17 bits per heavy atom. The van der Waals surface area contributed by atoms with E-state index >= 15 is 0 Å². The number of nitrogens with zero attached hydrogens (tertiary/aromatic N) is 3. The minimum Gasteiger partial charge on any atom is -0.550 e. The number of imide groups is 1. The van der Waals surface area contributed by atoms with E-state index < -0.39 is 76.6 Å². The highest BCUT2D eigenvalue weighted by molar-refractivity contribution is 8.01. The second-order valence-electron chi connectivity index (χ2n) is 12.0. The van der Waals surface area contributed by atoms with E-state index in [9.17, 15) is 33.9 Å². The molecular weight excluding hydrogens is 568 g/mol. The van der Waals surface area contributed by atoms with Crippen molar-refractivity contribution in [1.29, 1.82) is 0 Å². The molecule has 3 fully saturated rings.